The van der Waals surface area contributed by atoms with Crippen molar-refractivity contribution < 1.29 is 14.3 Å². The first kappa shape index (κ1) is 18.8. The van der Waals surface area contributed by atoms with Gasteiger partial charge >= 0.3 is 5.97 Å². The van der Waals surface area contributed by atoms with Crippen LogP contribution in [0.2, 0.25) is 0 Å². The van der Waals surface area contributed by atoms with Crippen molar-refractivity contribution in [3.63, 3.8) is 0 Å². The molecule has 0 bridgehead atoms. The summed E-state index contributed by atoms with van der Waals surface area (Å²) < 4.78 is 5.14. The second-order valence-corrected chi connectivity index (χ2v) is 7.05. The van der Waals surface area contributed by atoms with Crippen LogP contribution in [0.25, 0.3) is 0 Å². The highest BCUT2D eigenvalue weighted by atomic mass is 32.1. The number of ketones is 1. The van der Waals surface area contributed by atoms with Gasteiger partial charge in [0.1, 0.15) is 0 Å². The molecule has 0 aliphatic rings. The molecule has 1 N–H and O–H groups in total. The predicted molar refractivity (Wildman–Crippen MR) is 106 cm³/mol. The average molecular weight is 380 g/mol. The van der Waals surface area contributed by atoms with Gasteiger partial charge in [0.15, 0.2) is 17.4 Å². The van der Waals surface area contributed by atoms with Crippen molar-refractivity contribution in [3.8, 4) is 0 Å². The number of hydrogen-bond donors (Lipinski definition) is 1. The minimum absolute atomic E-state index is 0.198. The van der Waals surface area contributed by atoms with Crippen LogP contribution in [0.3, 0.4) is 0 Å². The smallest absolute Gasteiger partial charge is 0.358 e. The SMILES string of the molecule is Cc1ccc(C)c(C(=O)COC(=O)c2csc(NCc3ccccc3)n2)c1. The second kappa shape index (κ2) is 8.60. The molecular formula is C21H20N2O3S. The van der Waals surface area contributed by atoms with Crippen LogP contribution in [0, 0.1) is 13.8 Å². The number of rotatable bonds is 7. The number of carbonyl (C=O) groups is 2. The van der Waals surface area contributed by atoms with E-state index in [0.29, 0.717) is 17.2 Å². The van der Waals surface area contributed by atoms with Crippen LogP contribution in [-0.2, 0) is 11.3 Å². The van der Waals surface area contributed by atoms with Crippen LogP contribution in [0.5, 0.6) is 0 Å². The van der Waals surface area contributed by atoms with Gasteiger partial charge in [-0.2, -0.15) is 0 Å². The molecule has 6 heteroatoms. The summed E-state index contributed by atoms with van der Waals surface area (Å²) in [4.78, 5) is 28.7. The van der Waals surface area contributed by atoms with Crippen molar-refractivity contribution in [2.24, 2.45) is 0 Å². The van der Waals surface area contributed by atoms with Gasteiger partial charge in [-0.15, -0.1) is 11.3 Å². The number of ether oxygens (including phenoxy) is 1. The Bertz CT molecular complexity index is 951. The molecule has 0 atom stereocenters. The van der Waals surface area contributed by atoms with Crippen molar-refractivity contribution in [3.05, 3.63) is 81.9 Å². The van der Waals surface area contributed by atoms with E-state index in [9.17, 15) is 9.59 Å². The van der Waals surface area contributed by atoms with Crippen molar-refractivity contribution in [1.82, 2.24) is 4.98 Å². The lowest BCUT2D eigenvalue weighted by Crippen LogP contribution is -2.15. The fraction of sp³-hybridized carbons (Fsp3) is 0.190. The van der Waals surface area contributed by atoms with Crippen molar-refractivity contribution in [2.45, 2.75) is 20.4 Å². The molecule has 3 aromatic rings. The fourth-order valence-corrected chi connectivity index (χ4v) is 3.22. The number of thiazole rings is 1. The minimum Gasteiger partial charge on any atom is -0.453 e. The van der Waals surface area contributed by atoms with E-state index in [2.05, 4.69) is 10.3 Å². The standard InChI is InChI=1S/C21H20N2O3S/c1-14-8-9-15(2)17(10-14)19(24)12-26-20(25)18-13-27-21(23-18)22-11-16-6-4-3-5-7-16/h3-10,13H,11-12H2,1-2H3,(H,22,23). The highest BCUT2D eigenvalue weighted by molar-refractivity contribution is 7.13. The molecule has 1 aromatic heterocycles. The number of carbonyl (C=O) groups excluding carboxylic acids is 2. The summed E-state index contributed by atoms with van der Waals surface area (Å²) in [5.41, 5.74) is 3.75. The molecule has 2 aromatic carbocycles. The number of nitrogens with zero attached hydrogens (tertiary/aromatic N) is 1. The minimum atomic E-state index is -0.599. The Labute approximate surface area is 162 Å². The number of esters is 1. The van der Waals surface area contributed by atoms with E-state index in [4.69, 9.17) is 4.74 Å². The van der Waals surface area contributed by atoms with Gasteiger partial charge in [0.2, 0.25) is 5.78 Å². The largest absolute Gasteiger partial charge is 0.453 e. The van der Waals surface area contributed by atoms with Gasteiger partial charge in [-0.25, -0.2) is 9.78 Å². The molecule has 0 saturated heterocycles. The van der Waals surface area contributed by atoms with Crippen molar-refractivity contribution >= 4 is 28.2 Å². The van der Waals surface area contributed by atoms with E-state index >= 15 is 0 Å². The predicted octanol–water partition coefficient (Wildman–Crippen LogP) is 4.41. The maximum atomic E-state index is 12.3. The van der Waals surface area contributed by atoms with E-state index in [1.807, 2.05) is 56.3 Å². The summed E-state index contributed by atoms with van der Waals surface area (Å²) >= 11 is 1.32. The van der Waals surface area contributed by atoms with Gasteiger partial charge in [-0.05, 0) is 31.0 Å². The molecule has 0 radical (unpaired) electrons. The zero-order valence-electron chi connectivity index (χ0n) is 15.2. The first-order valence-electron chi connectivity index (χ1n) is 8.54. The first-order chi connectivity index (χ1) is 13.0. The Morgan fingerprint density at radius 2 is 1.89 bits per heavy atom. The highest BCUT2D eigenvalue weighted by Gasteiger charge is 2.16. The summed E-state index contributed by atoms with van der Waals surface area (Å²) in [5.74, 6) is -0.820. The van der Waals surface area contributed by atoms with Crippen molar-refractivity contribution in [1.29, 1.82) is 0 Å². The van der Waals surface area contributed by atoms with Gasteiger partial charge in [0.25, 0.3) is 0 Å². The molecule has 0 amide bonds. The summed E-state index contributed by atoms with van der Waals surface area (Å²) in [6.07, 6.45) is 0. The van der Waals surface area contributed by atoms with Gasteiger partial charge in [0, 0.05) is 17.5 Å². The van der Waals surface area contributed by atoms with Crippen LogP contribution in [-0.4, -0.2) is 23.3 Å². The van der Waals surface area contributed by atoms with Gasteiger partial charge in [-0.1, -0.05) is 48.0 Å². The maximum Gasteiger partial charge on any atom is 0.358 e. The molecule has 27 heavy (non-hydrogen) atoms. The Kier molecular flexibility index (Phi) is 5.98. The second-order valence-electron chi connectivity index (χ2n) is 6.19. The lowest BCUT2D eigenvalue weighted by Gasteiger charge is -2.06. The number of benzene rings is 2. The molecule has 3 rings (SSSR count). The number of Topliss-reactive ketones (excluding diaryl/α,β-unsaturated/α-hetero) is 1. The Morgan fingerprint density at radius 1 is 1.11 bits per heavy atom. The Hall–Kier alpha value is -2.99. The zero-order valence-corrected chi connectivity index (χ0v) is 16.0. The van der Waals surface area contributed by atoms with Crippen LogP contribution in [0.4, 0.5) is 5.13 Å². The highest BCUT2D eigenvalue weighted by Crippen LogP contribution is 2.18. The number of anilines is 1. The molecule has 0 spiro atoms. The summed E-state index contributed by atoms with van der Waals surface area (Å²) in [7, 11) is 0. The zero-order chi connectivity index (χ0) is 19.2. The van der Waals surface area contributed by atoms with Gasteiger partial charge in [0.05, 0.1) is 0 Å². The fourth-order valence-electron chi connectivity index (χ4n) is 2.54. The lowest BCUT2D eigenvalue weighted by molar-refractivity contribution is 0.0469. The molecule has 138 valence electrons. The Morgan fingerprint density at radius 3 is 2.67 bits per heavy atom. The molecule has 0 unspecified atom stereocenters. The monoisotopic (exact) mass is 380 g/mol. The van der Waals surface area contributed by atoms with Crippen LogP contribution in [0.15, 0.2) is 53.9 Å². The third-order valence-electron chi connectivity index (χ3n) is 4.03. The first-order valence-corrected chi connectivity index (χ1v) is 9.42. The number of aryl methyl sites for hydroxylation is 2. The molecule has 0 saturated carbocycles. The van der Waals surface area contributed by atoms with Gasteiger partial charge in [-0.3, -0.25) is 4.79 Å². The number of nitrogens with one attached hydrogen (secondary N) is 1. The summed E-state index contributed by atoms with van der Waals surface area (Å²) in [6, 6.07) is 15.5. The molecule has 0 aliphatic carbocycles. The average Bonchev–Trinajstić information content (AvgIpc) is 3.16. The molecule has 0 fully saturated rings. The van der Waals surface area contributed by atoms with Crippen LogP contribution < -0.4 is 5.32 Å². The number of hydrogen-bond acceptors (Lipinski definition) is 6. The molecule has 1 heterocycles. The van der Waals surface area contributed by atoms with E-state index in [0.717, 1.165) is 16.7 Å². The van der Waals surface area contributed by atoms with Crippen molar-refractivity contribution in [2.75, 3.05) is 11.9 Å². The van der Waals surface area contributed by atoms with Crippen LogP contribution >= 0.6 is 11.3 Å². The summed E-state index contributed by atoms with van der Waals surface area (Å²) in [6.45, 7) is 4.10. The Balaban J connectivity index is 1.55. The number of aromatic nitrogens is 1. The maximum absolute atomic E-state index is 12.3. The van der Waals surface area contributed by atoms with Gasteiger partial charge < -0.3 is 10.1 Å². The van der Waals surface area contributed by atoms with E-state index in [1.54, 1.807) is 11.4 Å². The van der Waals surface area contributed by atoms with E-state index in [1.165, 1.54) is 11.3 Å². The third kappa shape index (κ3) is 5.01. The van der Waals surface area contributed by atoms with Crippen LogP contribution in [0.1, 0.15) is 37.5 Å². The van der Waals surface area contributed by atoms with E-state index in [-0.39, 0.29) is 18.1 Å². The lowest BCUT2D eigenvalue weighted by atomic mass is 10.0. The van der Waals surface area contributed by atoms with E-state index < -0.39 is 5.97 Å². The molecule has 0 aliphatic heterocycles. The quantitative estimate of drug-likeness (QED) is 0.486. The normalized spacial score (nSPS) is 10.4. The topological polar surface area (TPSA) is 68.3 Å². The third-order valence-corrected chi connectivity index (χ3v) is 4.83. The molecular weight excluding hydrogens is 360 g/mol. The summed E-state index contributed by atoms with van der Waals surface area (Å²) in [5, 5.41) is 5.43. The molecule has 5 nitrogen and oxygen atoms in total.